The number of hydrogen-bond donors (Lipinski definition) is 1. The van der Waals surface area contributed by atoms with Crippen molar-refractivity contribution in [3.05, 3.63) is 11.1 Å². The predicted octanol–water partition coefficient (Wildman–Crippen LogP) is 1.96. The van der Waals surface area contributed by atoms with E-state index < -0.39 is 0 Å². The van der Waals surface area contributed by atoms with E-state index in [0.717, 1.165) is 12.2 Å². The number of nitrogens with two attached hydrogens (primary N) is 1. The molecule has 1 aliphatic heterocycles. The summed E-state index contributed by atoms with van der Waals surface area (Å²) in [5, 5.41) is 2.75. The van der Waals surface area contributed by atoms with Gasteiger partial charge >= 0.3 is 0 Å². The van der Waals surface area contributed by atoms with Gasteiger partial charge in [-0.3, -0.25) is 4.90 Å². The molecule has 2 rings (SSSR count). The Bertz CT molecular complexity index is 271. The van der Waals surface area contributed by atoms with E-state index in [1.807, 2.05) is 0 Å². The number of anilines is 1. The van der Waals surface area contributed by atoms with E-state index in [-0.39, 0.29) is 1.43 Å². The molecular formula is C9H17N3S. The van der Waals surface area contributed by atoms with Gasteiger partial charge in [0.15, 0.2) is 5.13 Å². The number of nitrogens with zero attached hydrogens (tertiary/aromatic N) is 2. The SMILES string of the molecule is Nc1nc(CN2CCCCC2)cs1.[HH]. The summed E-state index contributed by atoms with van der Waals surface area (Å²) in [5.41, 5.74) is 6.70. The number of nitrogen functional groups attached to an aromatic ring is 1. The van der Waals surface area contributed by atoms with Crippen molar-refractivity contribution in [3.63, 3.8) is 0 Å². The fraction of sp³-hybridized carbons (Fsp3) is 0.667. The highest BCUT2D eigenvalue weighted by Crippen LogP contribution is 2.16. The largest absolute Gasteiger partial charge is 0.375 e. The monoisotopic (exact) mass is 199 g/mol. The molecule has 0 aromatic carbocycles. The van der Waals surface area contributed by atoms with E-state index in [0.29, 0.717) is 5.13 Å². The molecule has 0 radical (unpaired) electrons. The van der Waals surface area contributed by atoms with Gasteiger partial charge in [0.05, 0.1) is 5.69 Å². The Morgan fingerprint density at radius 2 is 2.23 bits per heavy atom. The Hall–Kier alpha value is -0.610. The molecule has 0 spiro atoms. The van der Waals surface area contributed by atoms with Crippen LogP contribution in [0.1, 0.15) is 26.4 Å². The Labute approximate surface area is 84.1 Å². The van der Waals surface area contributed by atoms with Crippen LogP contribution in [-0.4, -0.2) is 23.0 Å². The van der Waals surface area contributed by atoms with Gasteiger partial charge in [-0.15, -0.1) is 11.3 Å². The topological polar surface area (TPSA) is 42.1 Å². The minimum atomic E-state index is 0. The summed E-state index contributed by atoms with van der Waals surface area (Å²) in [5.74, 6) is 0. The third-order valence-corrected chi connectivity index (χ3v) is 3.13. The van der Waals surface area contributed by atoms with E-state index in [2.05, 4.69) is 15.3 Å². The molecule has 0 unspecified atom stereocenters. The third kappa shape index (κ3) is 2.42. The second-order valence-electron chi connectivity index (χ2n) is 3.51. The van der Waals surface area contributed by atoms with Crippen molar-refractivity contribution in [2.24, 2.45) is 0 Å². The minimum Gasteiger partial charge on any atom is -0.375 e. The molecule has 0 amide bonds. The molecule has 4 heteroatoms. The fourth-order valence-electron chi connectivity index (χ4n) is 1.74. The van der Waals surface area contributed by atoms with Crippen LogP contribution < -0.4 is 5.73 Å². The molecule has 13 heavy (non-hydrogen) atoms. The molecular weight excluding hydrogens is 182 g/mol. The molecule has 1 aliphatic rings. The van der Waals surface area contributed by atoms with Crippen molar-refractivity contribution in [1.29, 1.82) is 0 Å². The first-order valence-corrected chi connectivity index (χ1v) is 5.65. The Morgan fingerprint density at radius 1 is 1.46 bits per heavy atom. The third-order valence-electron chi connectivity index (χ3n) is 2.40. The number of aromatic nitrogens is 1. The molecule has 0 aliphatic carbocycles. The van der Waals surface area contributed by atoms with Crippen LogP contribution in [0, 0.1) is 0 Å². The van der Waals surface area contributed by atoms with Crippen molar-refractivity contribution in [3.8, 4) is 0 Å². The van der Waals surface area contributed by atoms with Gasteiger partial charge in [-0.05, 0) is 25.9 Å². The molecule has 1 aromatic rings. The first kappa shape index (κ1) is 8.97. The van der Waals surface area contributed by atoms with Crippen molar-refractivity contribution in [2.75, 3.05) is 18.8 Å². The van der Waals surface area contributed by atoms with Crippen LogP contribution in [0.4, 0.5) is 5.13 Å². The lowest BCUT2D eigenvalue weighted by Gasteiger charge is -2.25. The van der Waals surface area contributed by atoms with E-state index in [1.165, 1.54) is 43.7 Å². The van der Waals surface area contributed by atoms with Crippen molar-refractivity contribution < 1.29 is 1.43 Å². The van der Waals surface area contributed by atoms with Gasteiger partial charge in [0.2, 0.25) is 0 Å². The Morgan fingerprint density at radius 3 is 2.85 bits per heavy atom. The zero-order valence-electron chi connectivity index (χ0n) is 7.70. The van der Waals surface area contributed by atoms with E-state index in [1.54, 1.807) is 0 Å². The van der Waals surface area contributed by atoms with Crippen molar-refractivity contribution in [1.82, 2.24) is 9.88 Å². The van der Waals surface area contributed by atoms with Crippen LogP contribution >= 0.6 is 11.3 Å². The van der Waals surface area contributed by atoms with Crippen LogP contribution in [0.3, 0.4) is 0 Å². The highest BCUT2D eigenvalue weighted by molar-refractivity contribution is 7.13. The molecule has 0 atom stereocenters. The number of piperidine rings is 1. The molecule has 2 N–H and O–H groups in total. The quantitative estimate of drug-likeness (QED) is 0.791. The summed E-state index contributed by atoms with van der Waals surface area (Å²) in [6.45, 7) is 3.42. The lowest BCUT2D eigenvalue weighted by Crippen LogP contribution is -2.29. The molecule has 0 saturated carbocycles. The molecule has 0 bridgehead atoms. The summed E-state index contributed by atoms with van der Waals surface area (Å²) in [4.78, 5) is 6.72. The maximum atomic E-state index is 5.57. The number of likely N-dealkylation sites (tertiary alicyclic amines) is 1. The van der Waals surface area contributed by atoms with Crippen LogP contribution in [-0.2, 0) is 6.54 Å². The van der Waals surface area contributed by atoms with Gasteiger partial charge in [0.25, 0.3) is 0 Å². The van der Waals surface area contributed by atoms with Crippen LogP contribution in [0.2, 0.25) is 0 Å². The first-order chi connectivity index (χ1) is 6.34. The summed E-state index contributed by atoms with van der Waals surface area (Å²) < 4.78 is 0. The fourth-order valence-corrected chi connectivity index (χ4v) is 2.30. The number of rotatable bonds is 2. The number of hydrogen-bond acceptors (Lipinski definition) is 4. The molecule has 1 fully saturated rings. The van der Waals surface area contributed by atoms with Gasteiger partial charge in [-0.1, -0.05) is 6.42 Å². The average Bonchev–Trinajstić information content (AvgIpc) is 2.53. The maximum absolute atomic E-state index is 5.57. The van der Waals surface area contributed by atoms with Crippen molar-refractivity contribution in [2.45, 2.75) is 25.8 Å². The van der Waals surface area contributed by atoms with Gasteiger partial charge in [0.1, 0.15) is 0 Å². The zero-order valence-corrected chi connectivity index (χ0v) is 8.52. The molecule has 1 saturated heterocycles. The summed E-state index contributed by atoms with van der Waals surface area (Å²) in [6.07, 6.45) is 4.05. The highest BCUT2D eigenvalue weighted by atomic mass is 32.1. The molecule has 74 valence electrons. The summed E-state index contributed by atoms with van der Waals surface area (Å²) >= 11 is 1.53. The second kappa shape index (κ2) is 4.07. The second-order valence-corrected chi connectivity index (χ2v) is 4.40. The Kier molecular flexibility index (Phi) is 2.80. The van der Waals surface area contributed by atoms with Gasteiger partial charge in [-0.25, -0.2) is 4.98 Å². The molecule has 2 heterocycles. The van der Waals surface area contributed by atoms with Crippen LogP contribution in [0.5, 0.6) is 0 Å². The van der Waals surface area contributed by atoms with Crippen LogP contribution in [0.15, 0.2) is 5.38 Å². The zero-order chi connectivity index (χ0) is 9.10. The van der Waals surface area contributed by atoms with Gasteiger partial charge in [0, 0.05) is 13.4 Å². The smallest absolute Gasteiger partial charge is 0.180 e. The average molecular weight is 199 g/mol. The number of thiazole rings is 1. The normalized spacial score (nSPS) is 19.1. The molecule has 1 aromatic heterocycles. The Balaban J connectivity index is 0.000000980. The van der Waals surface area contributed by atoms with E-state index in [9.17, 15) is 0 Å². The summed E-state index contributed by atoms with van der Waals surface area (Å²) in [7, 11) is 0. The van der Waals surface area contributed by atoms with Crippen LogP contribution in [0.25, 0.3) is 0 Å². The highest BCUT2D eigenvalue weighted by Gasteiger charge is 2.11. The lowest BCUT2D eigenvalue weighted by atomic mass is 10.1. The standard InChI is InChI=1S/C9H15N3S.H2/c10-9-11-8(7-13-9)6-12-4-2-1-3-5-12;/h7H,1-6H2,(H2,10,11);1H. The van der Waals surface area contributed by atoms with Gasteiger partial charge < -0.3 is 5.73 Å². The van der Waals surface area contributed by atoms with E-state index in [4.69, 9.17) is 5.73 Å². The first-order valence-electron chi connectivity index (χ1n) is 4.77. The van der Waals surface area contributed by atoms with Crippen molar-refractivity contribution >= 4 is 16.5 Å². The summed E-state index contributed by atoms with van der Waals surface area (Å²) in [6, 6.07) is 0. The maximum Gasteiger partial charge on any atom is 0.180 e. The predicted molar refractivity (Wildman–Crippen MR) is 57.8 cm³/mol. The van der Waals surface area contributed by atoms with Gasteiger partial charge in [-0.2, -0.15) is 0 Å². The minimum absolute atomic E-state index is 0. The molecule has 3 nitrogen and oxygen atoms in total. The van der Waals surface area contributed by atoms with E-state index >= 15 is 0 Å². The lowest BCUT2D eigenvalue weighted by molar-refractivity contribution is 0.219.